The minimum atomic E-state index is -5.86. The first kappa shape index (κ1) is 33.6. The highest BCUT2D eigenvalue weighted by Gasteiger charge is 2.57. The number of rotatable bonds is 7. The van der Waals surface area contributed by atoms with E-state index in [9.17, 15) is 26.5 Å². The van der Waals surface area contributed by atoms with Crippen molar-refractivity contribution in [3.8, 4) is 0 Å². The Morgan fingerprint density at radius 2 is 1.20 bits per heavy atom. The maximum Gasteiger partial charge on any atom is 0.369 e. The Balaban J connectivity index is 0.000000178. The molecular weight excluding hydrogens is 615 g/mol. The summed E-state index contributed by atoms with van der Waals surface area (Å²) in [6.07, 6.45) is 2.84. The minimum Gasteiger partial charge on any atom is -0.743 e. The molecule has 3 aromatic carbocycles. The fourth-order valence-corrected chi connectivity index (χ4v) is 10.1. The lowest BCUT2D eigenvalue weighted by Gasteiger charge is -2.55. The molecule has 9 heteroatoms. The molecule has 45 heavy (non-hydrogen) atoms. The van der Waals surface area contributed by atoms with Crippen molar-refractivity contribution >= 4 is 27.0 Å². The van der Waals surface area contributed by atoms with Crippen molar-refractivity contribution in [1.82, 2.24) is 0 Å². The average molecular weight is 657 g/mol. The van der Waals surface area contributed by atoms with Gasteiger partial charge in [-0.1, -0.05) is 69.3 Å². The Morgan fingerprint density at radius 1 is 0.800 bits per heavy atom. The van der Waals surface area contributed by atoms with Gasteiger partial charge in [-0.05, 0) is 111 Å². The van der Waals surface area contributed by atoms with Gasteiger partial charge in [-0.25, -0.2) is 8.42 Å². The van der Waals surface area contributed by atoms with Crippen molar-refractivity contribution in [3.05, 3.63) is 90.5 Å². The third-order valence-electron chi connectivity index (χ3n) is 9.48. The summed E-state index contributed by atoms with van der Waals surface area (Å²) >= 11 is 0. The number of esters is 1. The highest BCUT2D eigenvalue weighted by atomic mass is 32.2. The topological polar surface area (TPSA) is 83.5 Å². The number of hydrogen-bond acceptors (Lipinski definition) is 5. The first-order chi connectivity index (χ1) is 21.1. The van der Waals surface area contributed by atoms with E-state index in [1.54, 1.807) is 0 Å². The highest BCUT2D eigenvalue weighted by Crippen LogP contribution is 2.60. The number of hydrogen-bond donors (Lipinski definition) is 0. The predicted molar refractivity (Wildman–Crippen MR) is 171 cm³/mol. The largest absolute Gasteiger partial charge is 0.743 e. The minimum absolute atomic E-state index is 0.0497. The Bertz CT molecular complexity index is 1490. The van der Waals surface area contributed by atoms with Gasteiger partial charge in [0.05, 0.1) is 16.3 Å². The van der Waals surface area contributed by atoms with Gasteiger partial charge in [-0.15, -0.1) is 0 Å². The van der Waals surface area contributed by atoms with E-state index >= 15 is 0 Å². The van der Waals surface area contributed by atoms with Crippen molar-refractivity contribution in [3.63, 3.8) is 0 Å². The van der Waals surface area contributed by atoms with Crippen molar-refractivity contribution in [2.24, 2.45) is 23.2 Å². The van der Waals surface area contributed by atoms with Gasteiger partial charge >= 0.3 is 11.2 Å². The highest BCUT2D eigenvalue weighted by molar-refractivity contribution is 7.97. The Labute approximate surface area is 268 Å². The SMILES string of the molecule is CC(C)(C)c1ccc([S+](c2ccccc2)c2ccccc2)cc1.CC(OC(=O)C12CC3CC(CC(C3)C1)C2)C(F)(F)S(=O)(=O)[O-]. The van der Waals surface area contributed by atoms with E-state index in [1.165, 1.54) is 20.2 Å². The molecule has 242 valence electrons. The molecule has 4 aliphatic carbocycles. The van der Waals surface area contributed by atoms with Crippen LogP contribution < -0.4 is 0 Å². The number of halogens is 2. The van der Waals surface area contributed by atoms with Gasteiger partial charge in [-0.2, -0.15) is 8.78 Å². The second kappa shape index (κ2) is 12.8. The molecule has 4 bridgehead atoms. The molecule has 0 radical (unpaired) electrons. The molecule has 0 saturated heterocycles. The normalized spacial score (nSPS) is 24.9. The summed E-state index contributed by atoms with van der Waals surface area (Å²) in [5, 5.41) is -4.61. The fourth-order valence-electron chi connectivity index (χ4n) is 7.53. The molecule has 0 N–H and O–H groups in total. The predicted octanol–water partition coefficient (Wildman–Crippen LogP) is 8.35. The van der Waals surface area contributed by atoms with Gasteiger partial charge < -0.3 is 9.29 Å². The molecule has 0 spiro atoms. The fraction of sp³-hybridized carbons (Fsp3) is 0.472. The quantitative estimate of drug-likeness (QED) is 0.145. The van der Waals surface area contributed by atoms with Gasteiger partial charge in [0.1, 0.15) is 0 Å². The van der Waals surface area contributed by atoms with Gasteiger partial charge in [0.2, 0.25) is 0 Å². The first-order valence-corrected chi connectivity index (χ1v) is 18.2. The van der Waals surface area contributed by atoms with Crippen LogP contribution in [0.15, 0.2) is 99.6 Å². The molecule has 7 rings (SSSR count). The molecule has 1 unspecified atom stereocenters. The Hall–Kier alpha value is -2.75. The number of ether oxygens (including phenoxy) is 1. The van der Waals surface area contributed by atoms with Crippen molar-refractivity contribution < 1.29 is 31.3 Å². The van der Waals surface area contributed by atoms with Gasteiger partial charge in [0, 0.05) is 0 Å². The second-order valence-corrected chi connectivity index (χ2v) is 17.4. The van der Waals surface area contributed by atoms with E-state index in [-0.39, 0.29) is 16.3 Å². The number of carbonyl (C=O) groups excluding carboxylic acids is 1. The summed E-state index contributed by atoms with van der Waals surface area (Å²) in [7, 11) is -5.91. The van der Waals surface area contributed by atoms with Crippen LogP contribution >= 0.6 is 0 Å². The third kappa shape index (κ3) is 7.31. The summed E-state index contributed by atoms with van der Waals surface area (Å²) in [6, 6.07) is 30.7. The zero-order valence-electron chi connectivity index (χ0n) is 26.2. The van der Waals surface area contributed by atoms with Crippen LogP contribution in [0.2, 0.25) is 0 Å². The molecule has 1 atom stereocenters. The van der Waals surface area contributed by atoms with E-state index in [1.807, 2.05) is 0 Å². The Morgan fingerprint density at radius 3 is 1.58 bits per heavy atom. The summed E-state index contributed by atoms with van der Waals surface area (Å²) in [5.74, 6) is 0.524. The van der Waals surface area contributed by atoms with Crippen LogP contribution in [0, 0.1) is 23.2 Å². The lowest BCUT2D eigenvalue weighted by Crippen LogP contribution is -2.52. The van der Waals surface area contributed by atoms with E-state index in [0.29, 0.717) is 37.0 Å². The smallest absolute Gasteiger partial charge is 0.369 e. The maximum absolute atomic E-state index is 13.5. The van der Waals surface area contributed by atoms with Crippen LogP contribution in [0.1, 0.15) is 71.8 Å². The average Bonchev–Trinajstić information content (AvgIpc) is 2.97. The zero-order chi connectivity index (χ0) is 32.6. The van der Waals surface area contributed by atoms with E-state index in [2.05, 4.69) is 106 Å². The van der Waals surface area contributed by atoms with E-state index < -0.39 is 32.9 Å². The zero-order valence-corrected chi connectivity index (χ0v) is 27.9. The Kier molecular flexibility index (Phi) is 9.56. The standard InChI is InChI=1S/C22H23S.C14H20F2O5S/c1-22(2,3)18-14-16-21(17-15-18)23(19-10-6-4-7-11-19)20-12-8-5-9-13-20;1-8(14(15,16)22(18,19)20)21-12(17)13-5-9-2-10(6-13)4-11(3-9)7-13/h4-17H,1-3H3;8-11H,2-7H2,1H3,(H,18,19,20)/q+1;/p-1. The molecule has 0 aromatic heterocycles. The second-order valence-electron chi connectivity index (χ2n) is 14.0. The number of alkyl halides is 2. The molecule has 0 amide bonds. The van der Waals surface area contributed by atoms with Crippen LogP contribution in [0.4, 0.5) is 8.78 Å². The molecule has 4 fully saturated rings. The molecular formula is C36H42F2O5S2. The molecule has 4 saturated carbocycles. The summed E-state index contributed by atoms with van der Waals surface area (Å²) in [5.41, 5.74) is 0.813. The van der Waals surface area contributed by atoms with Crippen molar-refractivity contribution in [1.29, 1.82) is 0 Å². The van der Waals surface area contributed by atoms with Crippen LogP contribution in [0.5, 0.6) is 0 Å². The van der Waals surface area contributed by atoms with E-state index in [0.717, 1.165) is 26.2 Å². The van der Waals surface area contributed by atoms with Gasteiger partial charge in [0.15, 0.2) is 30.9 Å². The van der Waals surface area contributed by atoms with Crippen LogP contribution in [-0.4, -0.2) is 30.3 Å². The van der Waals surface area contributed by atoms with Crippen LogP contribution in [-0.2, 0) is 36.0 Å². The number of benzene rings is 3. The third-order valence-corrected chi connectivity index (χ3v) is 12.7. The van der Waals surface area contributed by atoms with Crippen molar-refractivity contribution in [2.75, 3.05) is 0 Å². The lowest BCUT2D eigenvalue weighted by molar-refractivity contribution is -0.185. The van der Waals surface area contributed by atoms with E-state index in [4.69, 9.17) is 4.74 Å². The summed E-state index contributed by atoms with van der Waals surface area (Å²) < 4.78 is 63.6. The van der Waals surface area contributed by atoms with Crippen molar-refractivity contribution in [2.45, 2.75) is 97.7 Å². The summed E-state index contributed by atoms with van der Waals surface area (Å²) in [6.45, 7) is 7.54. The lowest BCUT2D eigenvalue weighted by atomic mass is 9.49. The molecule has 0 heterocycles. The maximum atomic E-state index is 13.5. The van der Waals surface area contributed by atoms with Crippen LogP contribution in [0.3, 0.4) is 0 Å². The first-order valence-electron chi connectivity index (χ1n) is 15.6. The summed E-state index contributed by atoms with van der Waals surface area (Å²) in [4.78, 5) is 16.5. The molecule has 5 nitrogen and oxygen atoms in total. The molecule has 4 aliphatic rings. The monoisotopic (exact) mass is 656 g/mol. The number of carbonyl (C=O) groups is 1. The molecule has 3 aromatic rings. The van der Waals surface area contributed by atoms with Crippen LogP contribution in [0.25, 0.3) is 0 Å². The molecule has 0 aliphatic heterocycles. The van der Waals surface area contributed by atoms with Gasteiger partial charge in [0.25, 0.3) is 0 Å². The van der Waals surface area contributed by atoms with Gasteiger partial charge in [-0.3, -0.25) is 4.79 Å².